The summed E-state index contributed by atoms with van der Waals surface area (Å²) in [5.41, 5.74) is 3.64. The van der Waals surface area contributed by atoms with E-state index in [0.29, 0.717) is 6.54 Å². The van der Waals surface area contributed by atoms with Gasteiger partial charge in [0.15, 0.2) is 0 Å². The Bertz CT molecular complexity index is 397. The van der Waals surface area contributed by atoms with E-state index in [-0.39, 0.29) is 12.1 Å². The fourth-order valence-corrected chi connectivity index (χ4v) is 1.95. The van der Waals surface area contributed by atoms with Gasteiger partial charge in [0.05, 0.1) is 0 Å². The van der Waals surface area contributed by atoms with Crippen LogP contribution >= 0.6 is 0 Å². The Morgan fingerprint density at radius 3 is 2.44 bits per heavy atom. The zero-order chi connectivity index (χ0) is 13.5. The molecule has 2 N–H and O–H groups in total. The first-order valence-corrected chi connectivity index (χ1v) is 6.67. The van der Waals surface area contributed by atoms with Crippen LogP contribution in [0.3, 0.4) is 0 Å². The third-order valence-corrected chi connectivity index (χ3v) is 3.26. The molecule has 0 aliphatic rings. The predicted octanol–water partition coefficient (Wildman–Crippen LogP) is 3.29. The molecule has 1 aromatic carbocycles. The van der Waals surface area contributed by atoms with Crippen LogP contribution in [0.2, 0.25) is 0 Å². The summed E-state index contributed by atoms with van der Waals surface area (Å²) in [5, 5.41) is 5.88. The molecule has 0 heterocycles. The molecule has 0 unspecified atom stereocenters. The molecule has 0 aliphatic heterocycles. The second-order valence-corrected chi connectivity index (χ2v) is 4.77. The Labute approximate surface area is 110 Å². The van der Waals surface area contributed by atoms with Gasteiger partial charge in [0.2, 0.25) is 0 Å². The number of carbonyl (C=O) groups excluding carboxylic acids is 1. The number of hydrogen-bond acceptors (Lipinski definition) is 1. The zero-order valence-electron chi connectivity index (χ0n) is 11.8. The molecule has 0 aromatic heterocycles. The largest absolute Gasteiger partial charge is 0.335 e. The van der Waals surface area contributed by atoms with E-state index in [4.69, 9.17) is 0 Å². The van der Waals surface area contributed by atoms with Crippen molar-refractivity contribution in [1.82, 2.24) is 10.6 Å². The van der Waals surface area contributed by atoms with E-state index >= 15 is 0 Å². The smallest absolute Gasteiger partial charge is 0.315 e. The minimum atomic E-state index is -0.0799. The van der Waals surface area contributed by atoms with E-state index in [9.17, 15) is 4.79 Å². The van der Waals surface area contributed by atoms with E-state index in [1.54, 1.807) is 0 Å². The Morgan fingerprint density at radius 2 is 1.89 bits per heavy atom. The minimum Gasteiger partial charge on any atom is -0.335 e. The van der Waals surface area contributed by atoms with Gasteiger partial charge in [0, 0.05) is 12.6 Å². The summed E-state index contributed by atoms with van der Waals surface area (Å²) in [6.45, 7) is 8.89. The van der Waals surface area contributed by atoms with Gasteiger partial charge in [-0.2, -0.15) is 0 Å². The van der Waals surface area contributed by atoms with Gasteiger partial charge in [-0.15, -0.1) is 0 Å². The van der Waals surface area contributed by atoms with Crippen LogP contribution in [0.5, 0.6) is 0 Å². The van der Waals surface area contributed by atoms with Crippen LogP contribution in [0.25, 0.3) is 0 Å². The first kappa shape index (κ1) is 14.6. The van der Waals surface area contributed by atoms with Crippen molar-refractivity contribution in [2.24, 2.45) is 0 Å². The molecule has 0 aliphatic carbocycles. The summed E-state index contributed by atoms with van der Waals surface area (Å²) in [7, 11) is 0. The summed E-state index contributed by atoms with van der Waals surface area (Å²) in [6.07, 6.45) is 1.93. The van der Waals surface area contributed by atoms with Gasteiger partial charge in [0.1, 0.15) is 0 Å². The van der Waals surface area contributed by atoms with Crippen LogP contribution < -0.4 is 10.6 Å². The van der Waals surface area contributed by atoms with Crippen LogP contribution in [0, 0.1) is 13.8 Å². The van der Waals surface area contributed by atoms with Gasteiger partial charge in [-0.1, -0.05) is 37.6 Å². The third kappa shape index (κ3) is 4.40. The molecule has 1 rings (SSSR count). The topological polar surface area (TPSA) is 41.1 Å². The van der Waals surface area contributed by atoms with Crippen molar-refractivity contribution in [3.05, 3.63) is 34.9 Å². The van der Waals surface area contributed by atoms with Gasteiger partial charge < -0.3 is 10.6 Å². The van der Waals surface area contributed by atoms with E-state index < -0.39 is 0 Å². The summed E-state index contributed by atoms with van der Waals surface area (Å²) < 4.78 is 0. The fourth-order valence-electron chi connectivity index (χ4n) is 1.95. The highest BCUT2D eigenvalue weighted by atomic mass is 16.2. The summed E-state index contributed by atoms with van der Waals surface area (Å²) >= 11 is 0. The average molecular weight is 248 g/mol. The second kappa shape index (κ2) is 7.04. The number of urea groups is 1. The zero-order valence-corrected chi connectivity index (χ0v) is 11.8. The molecule has 0 atom stereocenters. The first-order valence-electron chi connectivity index (χ1n) is 6.67. The molecular formula is C15H24N2O. The van der Waals surface area contributed by atoms with Gasteiger partial charge in [-0.05, 0) is 37.8 Å². The summed E-state index contributed by atoms with van der Waals surface area (Å²) in [6, 6.07) is 6.47. The number of amides is 2. The molecular weight excluding hydrogens is 224 g/mol. The number of benzene rings is 1. The number of nitrogens with one attached hydrogen (secondary N) is 2. The number of carbonyl (C=O) groups is 1. The Hall–Kier alpha value is -1.51. The van der Waals surface area contributed by atoms with Gasteiger partial charge in [0.25, 0.3) is 0 Å². The van der Waals surface area contributed by atoms with E-state index in [0.717, 1.165) is 12.8 Å². The highest BCUT2D eigenvalue weighted by molar-refractivity contribution is 5.74. The third-order valence-electron chi connectivity index (χ3n) is 3.26. The van der Waals surface area contributed by atoms with Crippen LogP contribution in [0.1, 0.15) is 43.4 Å². The van der Waals surface area contributed by atoms with E-state index in [1.807, 2.05) is 0 Å². The van der Waals surface area contributed by atoms with Crippen molar-refractivity contribution >= 4 is 6.03 Å². The molecule has 3 heteroatoms. The van der Waals surface area contributed by atoms with Crippen molar-refractivity contribution in [2.75, 3.05) is 0 Å². The van der Waals surface area contributed by atoms with E-state index in [2.05, 4.69) is 56.5 Å². The minimum absolute atomic E-state index is 0.0799. The number of rotatable bonds is 5. The van der Waals surface area contributed by atoms with Crippen molar-refractivity contribution in [3.63, 3.8) is 0 Å². The standard InChI is InChI=1S/C15H24N2O/c1-5-14(6-2)17-15(18)16-10-13-8-7-11(3)9-12(13)4/h7-9,14H,5-6,10H2,1-4H3,(H2,16,17,18). The number of hydrogen-bond donors (Lipinski definition) is 2. The maximum Gasteiger partial charge on any atom is 0.315 e. The quantitative estimate of drug-likeness (QED) is 0.825. The summed E-state index contributed by atoms with van der Waals surface area (Å²) in [4.78, 5) is 11.7. The lowest BCUT2D eigenvalue weighted by molar-refractivity contribution is 0.235. The van der Waals surface area contributed by atoms with Gasteiger partial charge in [-0.25, -0.2) is 4.79 Å². The molecule has 2 amide bonds. The predicted molar refractivity (Wildman–Crippen MR) is 75.7 cm³/mol. The Balaban J connectivity index is 2.47. The van der Waals surface area contributed by atoms with Crippen molar-refractivity contribution in [2.45, 2.75) is 53.1 Å². The molecule has 0 bridgehead atoms. The molecule has 0 radical (unpaired) electrons. The molecule has 18 heavy (non-hydrogen) atoms. The van der Waals surface area contributed by atoms with E-state index in [1.165, 1.54) is 16.7 Å². The first-order chi connectivity index (χ1) is 8.56. The average Bonchev–Trinajstić information content (AvgIpc) is 2.35. The lowest BCUT2D eigenvalue weighted by Crippen LogP contribution is -2.41. The molecule has 100 valence electrons. The normalized spacial score (nSPS) is 10.5. The lowest BCUT2D eigenvalue weighted by Gasteiger charge is -2.16. The van der Waals surface area contributed by atoms with Crippen molar-refractivity contribution < 1.29 is 4.79 Å². The lowest BCUT2D eigenvalue weighted by atomic mass is 10.1. The molecule has 0 saturated carbocycles. The molecule has 0 fully saturated rings. The van der Waals surface area contributed by atoms with Crippen molar-refractivity contribution in [1.29, 1.82) is 0 Å². The van der Waals surface area contributed by atoms with Crippen molar-refractivity contribution in [3.8, 4) is 0 Å². The van der Waals surface area contributed by atoms with Gasteiger partial charge >= 0.3 is 6.03 Å². The Morgan fingerprint density at radius 1 is 1.22 bits per heavy atom. The molecule has 0 saturated heterocycles. The highest BCUT2D eigenvalue weighted by Crippen LogP contribution is 2.10. The summed E-state index contributed by atoms with van der Waals surface area (Å²) in [5.74, 6) is 0. The van der Waals surface area contributed by atoms with Gasteiger partial charge in [-0.3, -0.25) is 0 Å². The SMILES string of the molecule is CCC(CC)NC(=O)NCc1ccc(C)cc1C. The maximum atomic E-state index is 11.7. The molecule has 0 spiro atoms. The van der Waals surface area contributed by atoms with Crippen LogP contribution in [0.15, 0.2) is 18.2 Å². The monoisotopic (exact) mass is 248 g/mol. The second-order valence-electron chi connectivity index (χ2n) is 4.77. The van der Waals surface area contributed by atoms with Crippen LogP contribution in [0.4, 0.5) is 4.79 Å². The molecule has 3 nitrogen and oxygen atoms in total. The molecule has 1 aromatic rings. The van der Waals surface area contributed by atoms with Crippen LogP contribution in [-0.2, 0) is 6.54 Å². The number of aryl methyl sites for hydroxylation is 2. The Kier molecular flexibility index (Phi) is 5.69. The fraction of sp³-hybridized carbons (Fsp3) is 0.533. The highest BCUT2D eigenvalue weighted by Gasteiger charge is 2.07. The maximum absolute atomic E-state index is 11.7. The van der Waals surface area contributed by atoms with Crippen LogP contribution in [-0.4, -0.2) is 12.1 Å².